The van der Waals surface area contributed by atoms with E-state index in [0.29, 0.717) is 34.9 Å². The fraction of sp³-hybridized carbons (Fsp3) is 0.148. The van der Waals surface area contributed by atoms with E-state index in [-0.39, 0.29) is 5.57 Å². The van der Waals surface area contributed by atoms with Gasteiger partial charge in [0.2, 0.25) is 6.10 Å². The van der Waals surface area contributed by atoms with E-state index in [1.807, 2.05) is 13.0 Å². The molecule has 1 atom stereocenters. The molecule has 0 heterocycles. The van der Waals surface area contributed by atoms with E-state index in [1.165, 1.54) is 6.08 Å². The first kappa shape index (κ1) is 24.1. The van der Waals surface area contributed by atoms with Gasteiger partial charge in [0, 0.05) is 5.56 Å². The minimum absolute atomic E-state index is 0.242. The summed E-state index contributed by atoms with van der Waals surface area (Å²) in [5, 5.41) is 12.3. The topological polar surface area (TPSA) is 97.6 Å². The average Bonchev–Trinajstić information content (AvgIpc) is 2.87. The summed E-state index contributed by atoms with van der Waals surface area (Å²) in [5.41, 5.74) is 1.28. The summed E-state index contributed by atoms with van der Waals surface area (Å²) in [6.45, 7) is 2.26. The van der Waals surface area contributed by atoms with Gasteiger partial charge in [-0.05, 0) is 42.8 Å². The maximum Gasteiger partial charge on any atom is 0.350 e. The van der Waals surface area contributed by atoms with Gasteiger partial charge in [0.25, 0.3) is 5.91 Å². The molecule has 0 radical (unpaired) electrons. The summed E-state index contributed by atoms with van der Waals surface area (Å²) in [5.74, 6) is -0.353. The summed E-state index contributed by atoms with van der Waals surface area (Å²) in [6, 6.07) is 24.2. The van der Waals surface area contributed by atoms with Crippen LogP contribution in [0.2, 0.25) is 0 Å². The Morgan fingerprint density at radius 3 is 2.32 bits per heavy atom. The third-order valence-corrected chi connectivity index (χ3v) is 4.78. The summed E-state index contributed by atoms with van der Waals surface area (Å²) in [6.07, 6.45) is 0.113. The monoisotopic (exact) mass is 456 g/mol. The predicted molar refractivity (Wildman–Crippen MR) is 128 cm³/mol. The first-order chi connectivity index (χ1) is 16.5. The number of nitrogens with zero attached hydrogens (tertiary/aromatic N) is 1. The molecule has 0 aliphatic heterocycles. The van der Waals surface area contributed by atoms with Crippen molar-refractivity contribution in [1.82, 2.24) is 0 Å². The number of nitrogens with one attached hydrogen (secondary N) is 1. The van der Waals surface area contributed by atoms with E-state index in [9.17, 15) is 14.9 Å². The average molecular weight is 456 g/mol. The minimum Gasteiger partial charge on any atom is -0.497 e. The molecule has 0 unspecified atom stereocenters. The number of benzene rings is 3. The SMILES string of the molecule is CCOc1ccccc1NC(=O)[C@@H](OC(=O)/C(C#N)=C/c1ccc(OC)cc1)c1ccccc1. The number of rotatable bonds is 9. The Bertz CT molecular complexity index is 1200. The fourth-order valence-corrected chi connectivity index (χ4v) is 3.12. The zero-order chi connectivity index (χ0) is 24.3. The lowest BCUT2D eigenvalue weighted by Gasteiger charge is -2.19. The highest BCUT2D eigenvalue weighted by Crippen LogP contribution is 2.27. The van der Waals surface area contributed by atoms with Crippen molar-refractivity contribution in [2.24, 2.45) is 0 Å². The van der Waals surface area contributed by atoms with Gasteiger partial charge in [0.1, 0.15) is 23.1 Å². The van der Waals surface area contributed by atoms with Crippen LogP contribution in [-0.2, 0) is 14.3 Å². The molecular weight excluding hydrogens is 432 g/mol. The summed E-state index contributed by atoms with van der Waals surface area (Å²) in [4.78, 5) is 26.1. The molecule has 0 aliphatic carbocycles. The number of esters is 1. The van der Waals surface area contributed by atoms with Crippen LogP contribution in [0.1, 0.15) is 24.2 Å². The number of hydrogen-bond donors (Lipinski definition) is 1. The Kier molecular flexibility index (Phi) is 8.42. The van der Waals surface area contributed by atoms with E-state index >= 15 is 0 Å². The molecule has 1 N–H and O–H groups in total. The molecule has 1 amide bonds. The number of amides is 1. The van der Waals surface area contributed by atoms with Gasteiger partial charge in [0.05, 0.1) is 19.4 Å². The number of methoxy groups -OCH3 is 1. The maximum atomic E-state index is 13.2. The van der Waals surface area contributed by atoms with Crippen LogP contribution in [0, 0.1) is 11.3 Å². The molecule has 3 aromatic rings. The van der Waals surface area contributed by atoms with Gasteiger partial charge in [-0.1, -0.05) is 54.6 Å². The lowest BCUT2D eigenvalue weighted by molar-refractivity contribution is -0.150. The number of anilines is 1. The van der Waals surface area contributed by atoms with E-state index in [0.717, 1.165) is 0 Å². The summed E-state index contributed by atoms with van der Waals surface area (Å²) in [7, 11) is 1.55. The highest BCUT2D eigenvalue weighted by Gasteiger charge is 2.27. The second-order valence-electron chi connectivity index (χ2n) is 7.06. The van der Waals surface area contributed by atoms with Gasteiger partial charge in [-0.3, -0.25) is 4.79 Å². The lowest BCUT2D eigenvalue weighted by Crippen LogP contribution is -2.26. The molecule has 0 aromatic heterocycles. The van der Waals surface area contributed by atoms with Gasteiger partial charge in [0.15, 0.2) is 0 Å². The van der Waals surface area contributed by atoms with Crippen LogP contribution >= 0.6 is 0 Å². The second kappa shape index (κ2) is 11.9. The Labute approximate surface area is 198 Å². The molecule has 34 heavy (non-hydrogen) atoms. The molecule has 7 heteroatoms. The molecule has 0 bridgehead atoms. The van der Waals surface area contributed by atoms with Gasteiger partial charge in [-0.25, -0.2) is 4.79 Å². The van der Waals surface area contributed by atoms with E-state index in [1.54, 1.807) is 86.0 Å². The maximum absolute atomic E-state index is 13.2. The predicted octanol–water partition coefficient (Wildman–Crippen LogP) is 4.92. The Morgan fingerprint density at radius 1 is 1.00 bits per heavy atom. The normalized spacial score (nSPS) is 11.6. The molecule has 3 rings (SSSR count). The van der Waals surface area contributed by atoms with Crippen molar-refractivity contribution in [3.63, 3.8) is 0 Å². The molecule has 0 saturated carbocycles. The number of para-hydroxylation sites is 2. The van der Waals surface area contributed by atoms with Crippen LogP contribution in [0.3, 0.4) is 0 Å². The van der Waals surface area contributed by atoms with Crippen molar-refractivity contribution in [3.8, 4) is 17.6 Å². The largest absolute Gasteiger partial charge is 0.497 e. The Hall–Kier alpha value is -4.57. The standard InChI is InChI=1S/C27H24N2O5/c1-3-33-24-12-8-7-11-23(24)29-26(30)25(20-9-5-4-6-10-20)34-27(31)21(18-28)17-19-13-15-22(32-2)16-14-19/h4-17,25H,3H2,1-2H3,(H,29,30)/b21-17+/t25-/m0/s1. The molecule has 0 saturated heterocycles. The van der Waals surface area contributed by atoms with Crippen LogP contribution in [0.15, 0.2) is 84.4 Å². The quantitative estimate of drug-likeness (QED) is 0.279. The first-order valence-corrected chi connectivity index (χ1v) is 10.6. The van der Waals surface area contributed by atoms with Crippen molar-refractivity contribution in [2.75, 3.05) is 19.0 Å². The number of carbonyl (C=O) groups is 2. The van der Waals surface area contributed by atoms with E-state index < -0.39 is 18.0 Å². The third-order valence-electron chi connectivity index (χ3n) is 4.78. The highest BCUT2D eigenvalue weighted by molar-refractivity contribution is 6.01. The Morgan fingerprint density at radius 2 is 1.68 bits per heavy atom. The Balaban J connectivity index is 1.86. The zero-order valence-corrected chi connectivity index (χ0v) is 18.9. The van der Waals surface area contributed by atoms with Crippen molar-refractivity contribution in [1.29, 1.82) is 5.26 Å². The number of hydrogen-bond acceptors (Lipinski definition) is 6. The minimum atomic E-state index is -1.28. The fourth-order valence-electron chi connectivity index (χ4n) is 3.12. The van der Waals surface area contributed by atoms with Gasteiger partial charge < -0.3 is 19.5 Å². The van der Waals surface area contributed by atoms with Crippen molar-refractivity contribution >= 4 is 23.6 Å². The third kappa shape index (κ3) is 6.24. The van der Waals surface area contributed by atoms with E-state index in [4.69, 9.17) is 14.2 Å². The molecular formula is C27H24N2O5. The molecule has 7 nitrogen and oxygen atoms in total. The molecule has 3 aromatic carbocycles. The highest BCUT2D eigenvalue weighted by atomic mass is 16.5. The van der Waals surface area contributed by atoms with Gasteiger partial charge in [-0.2, -0.15) is 5.26 Å². The van der Waals surface area contributed by atoms with Crippen LogP contribution in [0.4, 0.5) is 5.69 Å². The number of carbonyl (C=O) groups excluding carboxylic acids is 2. The van der Waals surface area contributed by atoms with Crippen LogP contribution in [-0.4, -0.2) is 25.6 Å². The first-order valence-electron chi connectivity index (χ1n) is 10.6. The zero-order valence-electron chi connectivity index (χ0n) is 18.9. The van der Waals surface area contributed by atoms with Gasteiger partial charge in [-0.15, -0.1) is 0 Å². The molecule has 172 valence electrons. The summed E-state index contributed by atoms with van der Waals surface area (Å²) < 4.78 is 16.2. The second-order valence-corrected chi connectivity index (χ2v) is 7.06. The summed E-state index contributed by atoms with van der Waals surface area (Å²) >= 11 is 0. The van der Waals surface area contributed by atoms with Gasteiger partial charge >= 0.3 is 5.97 Å². The smallest absolute Gasteiger partial charge is 0.350 e. The molecule has 0 spiro atoms. The molecule has 0 fully saturated rings. The number of nitriles is 1. The number of ether oxygens (including phenoxy) is 3. The van der Waals surface area contributed by atoms with Crippen LogP contribution in [0.5, 0.6) is 11.5 Å². The van der Waals surface area contributed by atoms with Crippen molar-refractivity contribution < 1.29 is 23.8 Å². The van der Waals surface area contributed by atoms with Crippen molar-refractivity contribution in [2.45, 2.75) is 13.0 Å². The van der Waals surface area contributed by atoms with Crippen LogP contribution in [0.25, 0.3) is 6.08 Å². The van der Waals surface area contributed by atoms with Crippen LogP contribution < -0.4 is 14.8 Å². The van der Waals surface area contributed by atoms with Crippen molar-refractivity contribution in [3.05, 3.63) is 95.6 Å². The lowest BCUT2D eigenvalue weighted by atomic mass is 10.1. The van der Waals surface area contributed by atoms with E-state index in [2.05, 4.69) is 5.32 Å². The molecule has 0 aliphatic rings.